The van der Waals surface area contributed by atoms with E-state index >= 15 is 0 Å². The van der Waals surface area contributed by atoms with Gasteiger partial charge in [-0.1, -0.05) is 11.2 Å². The number of nitrogens with two attached hydrogens (primary N) is 1. The van der Waals surface area contributed by atoms with Gasteiger partial charge in [-0.15, -0.1) is 0 Å². The number of carbonyl (C=O) groups excluding carboxylic acids is 1. The summed E-state index contributed by atoms with van der Waals surface area (Å²) in [5.74, 6) is 0.148. The van der Waals surface area contributed by atoms with Gasteiger partial charge in [0.1, 0.15) is 0 Å². The second-order valence-electron chi connectivity index (χ2n) is 5.82. The van der Waals surface area contributed by atoms with Crippen LogP contribution in [0.1, 0.15) is 27.6 Å². The van der Waals surface area contributed by atoms with E-state index in [4.69, 9.17) is 10.3 Å². The fourth-order valence-corrected chi connectivity index (χ4v) is 2.87. The molecule has 3 aromatic heterocycles. The predicted octanol–water partition coefficient (Wildman–Crippen LogP) is 2.13. The number of aromatic nitrogens is 4. The Morgan fingerprint density at radius 3 is 2.92 bits per heavy atom. The third kappa shape index (κ3) is 2.97. The number of hydrogen-bond donors (Lipinski definition) is 2. The van der Waals surface area contributed by atoms with Crippen LogP contribution in [-0.2, 0) is 12.8 Å². The van der Waals surface area contributed by atoms with Gasteiger partial charge in [-0.3, -0.25) is 9.36 Å². The van der Waals surface area contributed by atoms with Crippen molar-refractivity contribution >= 4 is 16.8 Å². The molecule has 7 nitrogen and oxygen atoms in total. The van der Waals surface area contributed by atoms with Crippen LogP contribution in [0, 0.1) is 0 Å². The highest BCUT2D eigenvalue weighted by Crippen LogP contribution is 2.21. The summed E-state index contributed by atoms with van der Waals surface area (Å²) in [6.07, 6.45) is 6.57. The standard InChI is InChI=1S/C18H17N5O2/c19-6-5-13-11-20-15-4-3-12(9-14(13)15)10-16-21-17(22-25-16)18(24)23-7-1-2-8-23/h1-4,7-9,11,20H,5-6,10,19H2. The van der Waals surface area contributed by atoms with Crippen molar-refractivity contribution in [2.45, 2.75) is 12.8 Å². The molecule has 3 heterocycles. The third-order valence-electron chi connectivity index (χ3n) is 4.10. The van der Waals surface area contributed by atoms with Crippen molar-refractivity contribution in [1.29, 1.82) is 0 Å². The highest BCUT2D eigenvalue weighted by Gasteiger charge is 2.16. The smallest absolute Gasteiger partial charge is 0.303 e. The van der Waals surface area contributed by atoms with Crippen molar-refractivity contribution in [2.75, 3.05) is 6.54 Å². The second-order valence-corrected chi connectivity index (χ2v) is 5.82. The van der Waals surface area contributed by atoms with Gasteiger partial charge in [-0.25, -0.2) is 0 Å². The van der Waals surface area contributed by atoms with Gasteiger partial charge in [0, 0.05) is 29.5 Å². The van der Waals surface area contributed by atoms with Gasteiger partial charge < -0.3 is 15.2 Å². The Morgan fingerprint density at radius 2 is 2.12 bits per heavy atom. The number of nitrogens with one attached hydrogen (secondary N) is 1. The molecule has 3 N–H and O–H groups in total. The van der Waals surface area contributed by atoms with Gasteiger partial charge in [-0.2, -0.15) is 4.98 Å². The van der Waals surface area contributed by atoms with Gasteiger partial charge in [0.2, 0.25) is 5.89 Å². The van der Waals surface area contributed by atoms with E-state index in [0.29, 0.717) is 18.9 Å². The van der Waals surface area contributed by atoms with Crippen LogP contribution in [0.5, 0.6) is 0 Å². The molecule has 0 saturated heterocycles. The van der Waals surface area contributed by atoms with Crippen LogP contribution in [0.25, 0.3) is 10.9 Å². The molecule has 0 aliphatic carbocycles. The average Bonchev–Trinajstić information content (AvgIpc) is 3.36. The topological polar surface area (TPSA) is 103 Å². The van der Waals surface area contributed by atoms with Gasteiger partial charge in [0.25, 0.3) is 5.82 Å². The van der Waals surface area contributed by atoms with E-state index in [-0.39, 0.29) is 11.7 Å². The first-order valence-electron chi connectivity index (χ1n) is 8.04. The first-order chi connectivity index (χ1) is 12.2. The van der Waals surface area contributed by atoms with Crippen LogP contribution in [0.3, 0.4) is 0 Å². The van der Waals surface area contributed by atoms with Crippen LogP contribution in [0.15, 0.2) is 53.4 Å². The van der Waals surface area contributed by atoms with E-state index in [9.17, 15) is 4.79 Å². The molecular weight excluding hydrogens is 318 g/mol. The summed E-state index contributed by atoms with van der Waals surface area (Å²) in [6.45, 7) is 0.603. The summed E-state index contributed by atoms with van der Waals surface area (Å²) < 4.78 is 6.65. The van der Waals surface area contributed by atoms with Crippen LogP contribution in [0.4, 0.5) is 0 Å². The molecule has 0 atom stereocenters. The summed E-state index contributed by atoms with van der Waals surface area (Å²) in [6, 6.07) is 9.65. The fourth-order valence-electron chi connectivity index (χ4n) is 2.87. The SMILES string of the molecule is NCCc1c[nH]c2ccc(Cc3nc(C(=O)n4cccc4)no3)cc12. The molecule has 0 amide bonds. The minimum absolute atomic E-state index is 0.0535. The van der Waals surface area contributed by atoms with Crippen LogP contribution in [0.2, 0.25) is 0 Å². The lowest BCUT2D eigenvalue weighted by Crippen LogP contribution is -2.11. The summed E-state index contributed by atoms with van der Waals surface area (Å²) in [7, 11) is 0. The zero-order valence-corrected chi connectivity index (χ0v) is 13.5. The first-order valence-corrected chi connectivity index (χ1v) is 8.04. The molecule has 0 spiro atoms. The summed E-state index contributed by atoms with van der Waals surface area (Å²) >= 11 is 0. The summed E-state index contributed by atoms with van der Waals surface area (Å²) in [5, 5.41) is 4.93. The molecule has 0 aliphatic heterocycles. The molecule has 0 aliphatic rings. The molecule has 1 aromatic carbocycles. The number of nitrogens with zero attached hydrogens (tertiary/aromatic N) is 3. The molecule has 0 saturated carbocycles. The molecule has 0 unspecified atom stereocenters. The monoisotopic (exact) mass is 335 g/mol. The van der Waals surface area contributed by atoms with Gasteiger partial charge in [-0.05, 0) is 48.4 Å². The lowest BCUT2D eigenvalue weighted by molar-refractivity contribution is 0.0947. The maximum absolute atomic E-state index is 12.2. The Balaban J connectivity index is 1.57. The van der Waals surface area contributed by atoms with Crippen molar-refractivity contribution in [1.82, 2.24) is 19.7 Å². The fraction of sp³-hybridized carbons (Fsp3) is 0.167. The van der Waals surface area contributed by atoms with Crippen molar-refractivity contribution in [3.05, 3.63) is 71.8 Å². The van der Waals surface area contributed by atoms with Crippen LogP contribution in [-0.4, -0.2) is 32.1 Å². The Labute approximate surface area is 143 Å². The molecule has 0 radical (unpaired) electrons. The predicted molar refractivity (Wildman–Crippen MR) is 92.3 cm³/mol. The summed E-state index contributed by atoms with van der Waals surface area (Å²) in [5.41, 5.74) is 8.96. The second kappa shape index (κ2) is 6.37. The van der Waals surface area contributed by atoms with E-state index in [1.165, 1.54) is 10.1 Å². The highest BCUT2D eigenvalue weighted by atomic mass is 16.5. The highest BCUT2D eigenvalue weighted by molar-refractivity contribution is 5.92. The molecule has 0 fully saturated rings. The molecule has 4 rings (SSSR count). The van der Waals surface area contributed by atoms with E-state index in [1.807, 2.05) is 18.3 Å². The van der Waals surface area contributed by atoms with Crippen molar-refractivity contribution in [3.8, 4) is 0 Å². The Kier molecular flexibility index (Phi) is 3.91. The van der Waals surface area contributed by atoms with Crippen molar-refractivity contribution < 1.29 is 9.32 Å². The molecule has 25 heavy (non-hydrogen) atoms. The molecule has 0 bridgehead atoms. The van der Waals surface area contributed by atoms with Crippen molar-refractivity contribution in [2.24, 2.45) is 5.73 Å². The zero-order valence-electron chi connectivity index (χ0n) is 13.5. The maximum Gasteiger partial charge on any atom is 0.303 e. The molecule has 4 aromatic rings. The molecule has 126 valence electrons. The number of benzene rings is 1. The number of H-pyrrole nitrogens is 1. The van der Waals surface area contributed by atoms with E-state index < -0.39 is 0 Å². The zero-order chi connectivity index (χ0) is 17.2. The molecular formula is C18H17N5O2. The molecule has 7 heteroatoms. The summed E-state index contributed by atoms with van der Waals surface area (Å²) in [4.78, 5) is 19.6. The largest absolute Gasteiger partial charge is 0.361 e. The van der Waals surface area contributed by atoms with Crippen LogP contribution < -0.4 is 5.73 Å². The normalized spacial score (nSPS) is 11.2. The van der Waals surface area contributed by atoms with Gasteiger partial charge in [0.05, 0.1) is 6.42 Å². The van der Waals surface area contributed by atoms with E-state index in [0.717, 1.165) is 22.9 Å². The quantitative estimate of drug-likeness (QED) is 0.581. The maximum atomic E-state index is 12.2. The Morgan fingerprint density at radius 1 is 1.28 bits per heavy atom. The number of rotatable bonds is 5. The van der Waals surface area contributed by atoms with Crippen LogP contribution >= 0.6 is 0 Å². The number of hydrogen-bond acceptors (Lipinski definition) is 5. The number of carbonyl (C=O) groups is 1. The lowest BCUT2D eigenvalue weighted by Gasteiger charge is -2.00. The Hall–Kier alpha value is -3.19. The first kappa shape index (κ1) is 15.3. The minimum atomic E-state index is -0.314. The van der Waals surface area contributed by atoms with E-state index in [2.05, 4.69) is 21.2 Å². The van der Waals surface area contributed by atoms with E-state index in [1.54, 1.807) is 24.5 Å². The average molecular weight is 335 g/mol. The van der Waals surface area contributed by atoms with Crippen molar-refractivity contribution in [3.63, 3.8) is 0 Å². The number of aromatic amines is 1. The minimum Gasteiger partial charge on any atom is -0.361 e. The number of fused-ring (bicyclic) bond motifs is 1. The van der Waals surface area contributed by atoms with Gasteiger partial charge in [0.15, 0.2) is 0 Å². The lowest BCUT2D eigenvalue weighted by atomic mass is 10.1. The third-order valence-corrected chi connectivity index (χ3v) is 4.10. The van der Waals surface area contributed by atoms with Gasteiger partial charge >= 0.3 is 5.91 Å². The Bertz CT molecular complexity index is 1010.